The number of rotatable bonds is 5. The van der Waals surface area contributed by atoms with Crippen molar-refractivity contribution < 1.29 is 8.42 Å². The number of halogens is 1. The van der Waals surface area contributed by atoms with Crippen LogP contribution in [0.2, 0.25) is 5.02 Å². The Hall–Kier alpha value is -1.41. The van der Waals surface area contributed by atoms with Crippen LogP contribution in [0.25, 0.3) is 0 Å². The highest BCUT2D eigenvalue weighted by Gasteiger charge is 2.32. The zero-order valence-corrected chi connectivity index (χ0v) is 17.0. The van der Waals surface area contributed by atoms with E-state index in [0.717, 1.165) is 30.8 Å². The van der Waals surface area contributed by atoms with E-state index < -0.39 is 10.0 Å². The fourth-order valence-electron chi connectivity index (χ4n) is 3.38. The maximum Gasteiger partial charge on any atom is 0.243 e. The molecule has 0 radical (unpaired) electrons. The molecular formula is C18H25ClN4O2S. The molecule has 0 aliphatic carbocycles. The molecule has 0 amide bonds. The number of hydrogen-bond acceptors (Lipinski definition) is 4. The molecular weight excluding hydrogens is 372 g/mol. The van der Waals surface area contributed by atoms with Gasteiger partial charge in [-0.3, -0.25) is 4.68 Å². The smallest absolute Gasteiger partial charge is 0.243 e. The summed E-state index contributed by atoms with van der Waals surface area (Å²) in [6, 6.07) is 8.56. The first kappa shape index (κ1) is 19.4. The third kappa shape index (κ3) is 4.11. The number of aromatic nitrogens is 2. The lowest BCUT2D eigenvalue weighted by molar-refractivity contribution is 0.312. The van der Waals surface area contributed by atoms with E-state index in [1.54, 1.807) is 22.5 Å². The van der Waals surface area contributed by atoms with Crippen LogP contribution in [-0.4, -0.2) is 54.6 Å². The van der Waals surface area contributed by atoms with Crippen LogP contribution in [0.4, 0.5) is 0 Å². The second-order valence-corrected chi connectivity index (χ2v) is 9.46. The van der Waals surface area contributed by atoms with Gasteiger partial charge >= 0.3 is 0 Å². The van der Waals surface area contributed by atoms with Crippen LogP contribution in [0.1, 0.15) is 30.1 Å². The number of benzene rings is 1. The van der Waals surface area contributed by atoms with Crippen LogP contribution in [0.15, 0.2) is 35.2 Å². The fourth-order valence-corrected chi connectivity index (χ4v) is 5.21. The molecule has 1 saturated heterocycles. The van der Waals surface area contributed by atoms with Crippen molar-refractivity contribution in [1.29, 1.82) is 0 Å². The summed E-state index contributed by atoms with van der Waals surface area (Å²) in [7, 11) is 2.44. The molecule has 0 unspecified atom stereocenters. The van der Waals surface area contributed by atoms with Gasteiger partial charge in [-0.15, -0.1) is 0 Å². The molecule has 2 aromatic rings. The Morgan fingerprint density at radius 2 is 2.08 bits per heavy atom. The molecule has 2 heterocycles. The van der Waals surface area contributed by atoms with Crippen LogP contribution < -0.4 is 0 Å². The fraction of sp³-hybridized carbons (Fsp3) is 0.500. The number of nitrogens with zero attached hydrogens (tertiary/aromatic N) is 4. The third-order valence-corrected chi connectivity index (χ3v) is 6.81. The highest BCUT2D eigenvalue weighted by Crippen LogP contribution is 2.30. The average molecular weight is 397 g/mol. The lowest BCUT2D eigenvalue weighted by atomic mass is 9.96. The van der Waals surface area contributed by atoms with Crippen molar-refractivity contribution in [2.45, 2.75) is 30.2 Å². The molecule has 1 aromatic heterocycles. The normalized spacial score (nSPS) is 19.2. The van der Waals surface area contributed by atoms with Gasteiger partial charge in [-0.1, -0.05) is 17.7 Å². The molecule has 1 aromatic carbocycles. The SMILES string of the molecule is CN(C)Cc1cc([C@H]2CCCN(S(=O)(=O)c3cccc(Cl)c3)C2)nn1C. The zero-order valence-electron chi connectivity index (χ0n) is 15.4. The Balaban J connectivity index is 1.81. The third-order valence-electron chi connectivity index (χ3n) is 4.71. The van der Waals surface area contributed by atoms with Crippen LogP contribution in [0, 0.1) is 0 Å². The van der Waals surface area contributed by atoms with Gasteiger partial charge in [0.25, 0.3) is 0 Å². The number of sulfonamides is 1. The molecule has 0 saturated carbocycles. The van der Waals surface area contributed by atoms with E-state index in [1.165, 1.54) is 6.07 Å². The first-order valence-electron chi connectivity index (χ1n) is 8.70. The second kappa shape index (κ2) is 7.68. The van der Waals surface area contributed by atoms with Crippen molar-refractivity contribution in [3.05, 3.63) is 46.7 Å². The lowest BCUT2D eigenvalue weighted by Crippen LogP contribution is -2.39. The maximum absolute atomic E-state index is 13.0. The van der Waals surface area contributed by atoms with Gasteiger partial charge < -0.3 is 4.90 Å². The minimum atomic E-state index is -3.54. The lowest BCUT2D eigenvalue weighted by Gasteiger charge is -2.31. The summed E-state index contributed by atoms with van der Waals surface area (Å²) in [4.78, 5) is 2.34. The molecule has 6 nitrogen and oxygen atoms in total. The maximum atomic E-state index is 13.0. The molecule has 0 N–H and O–H groups in total. The minimum absolute atomic E-state index is 0.111. The molecule has 1 aliphatic rings. The number of piperidine rings is 1. The second-order valence-electron chi connectivity index (χ2n) is 7.08. The minimum Gasteiger partial charge on any atom is -0.304 e. The van der Waals surface area contributed by atoms with Crippen molar-refractivity contribution in [3.8, 4) is 0 Å². The Labute approximate surface area is 160 Å². The van der Waals surface area contributed by atoms with Gasteiger partial charge in [-0.2, -0.15) is 9.40 Å². The standard InChI is InChI=1S/C18H25ClN4O2S/c1-21(2)13-16-11-18(20-22(16)3)14-6-5-9-23(12-14)26(24,25)17-8-4-7-15(19)10-17/h4,7-8,10-11,14H,5-6,9,12-13H2,1-3H3/t14-/m0/s1. The Morgan fingerprint density at radius 1 is 1.31 bits per heavy atom. The molecule has 1 aliphatic heterocycles. The molecule has 1 atom stereocenters. The van der Waals surface area contributed by atoms with Gasteiger partial charge in [0.1, 0.15) is 0 Å². The van der Waals surface area contributed by atoms with Crippen LogP contribution in [0.5, 0.6) is 0 Å². The van der Waals surface area contributed by atoms with Gasteiger partial charge in [-0.05, 0) is 51.2 Å². The largest absolute Gasteiger partial charge is 0.304 e. The van der Waals surface area contributed by atoms with Crippen LogP contribution >= 0.6 is 11.6 Å². The predicted molar refractivity (Wildman–Crippen MR) is 103 cm³/mol. The van der Waals surface area contributed by atoms with E-state index in [9.17, 15) is 8.42 Å². The van der Waals surface area contributed by atoms with Crippen molar-refractivity contribution in [3.63, 3.8) is 0 Å². The molecule has 1 fully saturated rings. The average Bonchev–Trinajstić information content (AvgIpc) is 2.95. The van der Waals surface area contributed by atoms with Gasteiger partial charge in [0.05, 0.1) is 16.3 Å². The van der Waals surface area contributed by atoms with E-state index in [0.29, 0.717) is 18.1 Å². The molecule has 142 valence electrons. The van der Waals surface area contributed by atoms with Gasteiger partial charge in [0, 0.05) is 37.6 Å². The van der Waals surface area contributed by atoms with E-state index in [-0.39, 0.29) is 10.8 Å². The Morgan fingerprint density at radius 3 is 2.77 bits per heavy atom. The quantitative estimate of drug-likeness (QED) is 0.779. The van der Waals surface area contributed by atoms with Crippen molar-refractivity contribution >= 4 is 21.6 Å². The predicted octanol–water partition coefficient (Wildman–Crippen LogP) is 2.70. The summed E-state index contributed by atoms with van der Waals surface area (Å²) in [5.41, 5.74) is 2.09. The zero-order chi connectivity index (χ0) is 18.9. The first-order valence-corrected chi connectivity index (χ1v) is 10.5. The van der Waals surface area contributed by atoms with Crippen LogP contribution in [-0.2, 0) is 23.6 Å². The van der Waals surface area contributed by atoms with E-state index in [2.05, 4.69) is 16.1 Å². The summed E-state index contributed by atoms with van der Waals surface area (Å²) in [5.74, 6) is 0.111. The van der Waals surface area contributed by atoms with Crippen molar-refractivity contribution in [2.75, 3.05) is 27.2 Å². The molecule has 3 rings (SSSR count). The highest BCUT2D eigenvalue weighted by atomic mass is 35.5. The molecule has 26 heavy (non-hydrogen) atoms. The summed E-state index contributed by atoms with van der Waals surface area (Å²) >= 11 is 5.98. The highest BCUT2D eigenvalue weighted by molar-refractivity contribution is 7.89. The van der Waals surface area contributed by atoms with E-state index in [1.807, 2.05) is 25.8 Å². The first-order chi connectivity index (χ1) is 12.3. The van der Waals surface area contributed by atoms with Gasteiger partial charge in [0.2, 0.25) is 10.0 Å². The van der Waals surface area contributed by atoms with Crippen molar-refractivity contribution in [1.82, 2.24) is 19.0 Å². The monoisotopic (exact) mass is 396 g/mol. The molecule has 8 heteroatoms. The summed E-state index contributed by atoms with van der Waals surface area (Å²) < 4.78 is 29.4. The van der Waals surface area contributed by atoms with Crippen molar-refractivity contribution in [2.24, 2.45) is 7.05 Å². The van der Waals surface area contributed by atoms with E-state index >= 15 is 0 Å². The molecule has 0 spiro atoms. The van der Waals surface area contributed by atoms with Gasteiger partial charge in [0.15, 0.2) is 0 Å². The van der Waals surface area contributed by atoms with E-state index in [4.69, 9.17) is 11.6 Å². The molecule has 0 bridgehead atoms. The Bertz CT molecular complexity index is 879. The summed E-state index contributed by atoms with van der Waals surface area (Å²) in [6.45, 7) is 1.79. The topological polar surface area (TPSA) is 58.4 Å². The summed E-state index contributed by atoms with van der Waals surface area (Å²) in [5, 5.41) is 5.07. The van der Waals surface area contributed by atoms with Gasteiger partial charge in [-0.25, -0.2) is 8.42 Å². The number of aryl methyl sites for hydroxylation is 1. The van der Waals surface area contributed by atoms with Crippen LogP contribution in [0.3, 0.4) is 0 Å². The summed E-state index contributed by atoms with van der Waals surface area (Å²) in [6.07, 6.45) is 1.77. The Kier molecular flexibility index (Phi) is 5.72. The number of hydrogen-bond donors (Lipinski definition) is 0.